The van der Waals surface area contributed by atoms with Crippen LogP contribution >= 0.6 is 0 Å². The van der Waals surface area contributed by atoms with Crippen molar-refractivity contribution in [3.05, 3.63) is 42.5 Å². The molecule has 2 aromatic carbocycles. The number of hydrogen-bond acceptors (Lipinski definition) is 7. The van der Waals surface area contributed by atoms with Gasteiger partial charge in [0.25, 0.3) is 0 Å². The second-order valence-electron chi connectivity index (χ2n) is 8.89. The summed E-state index contributed by atoms with van der Waals surface area (Å²) in [5, 5.41) is 2.61. The fourth-order valence-corrected chi connectivity index (χ4v) is 4.15. The molecule has 0 aromatic heterocycles. The first-order valence-electron chi connectivity index (χ1n) is 12.6. The summed E-state index contributed by atoms with van der Waals surface area (Å²) in [6, 6.07) is 10.3. The fraction of sp³-hybridized carbons (Fsp3) is 0.370. The van der Waals surface area contributed by atoms with Gasteiger partial charge in [0.1, 0.15) is 6.54 Å². The standard InChI is InChI=1S/C27H30N4O7/c1-3-14-37-21-12-11-20(16-22(21)38-15-4-2)31-26(35)25(34)30(27(31)36)17-23(32)28-18-7-9-19(10-8-18)29-13-5-6-24(29)33/h7-12,16H,3-6,13-15,17H2,1-2H3,(H,28,32). The number of hydrogen-bond donors (Lipinski definition) is 1. The van der Waals surface area contributed by atoms with E-state index >= 15 is 0 Å². The van der Waals surface area contributed by atoms with E-state index < -0.39 is 30.3 Å². The van der Waals surface area contributed by atoms with Crippen LogP contribution in [0.4, 0.5) is 21.9 Å². The largest absolute Gasteiger partial charge is 0.490 e. The number of nitrogens with one attached hydrogen (secondary N) is 1. The molecule has 0 atom stereocenters. The zero-order valence-corrected chi connectivity index (χ0v) is 21.4. The van der Waals surface area contributed by atoms with Crippen LogP contribution in [0.3, 0.4) is 0 Å². The molecule has 38 heavy (non-hydrogen) atoms. The van der Waals surface area contributed by atoms with Gasteiger partial charge in [-0.2, -0.15) is 0 Å². The Labute approximate surface area is 220 Å². The SMILES string of the molecule is CCCOc1ccc(N2C(=O)C(=O)N(CC(=O)Nc3ccc(N4CCCC4=O)cc3)C2=O)cc1OCCC. The van der Waals surface area contributed by atoms with Gasteiger partial charge in [-0.1, -0.05) is 13.8 Å². The van der Waals surface area contributed by atoms with Crippen LogP contribution in [0.5, 0.6) is 11.5 Å². The van der Waals surface area contributed by atoms with E-state index in [0.717, 1.165) is 29.8 Å². The number of rotatable bonds is 11. The Balaban J connectivity index is 1.44. The topological polar surface area (TPSA) is 126 Å². The first kappa shape index (κ1) is 26.6. The number of urea groups is 1. The number of benzene rings is 2. The lowest BCUT2D eigenvalue weighted by Gasteiger charge is -2.18. The van der Waals surface area contributed by atoms with E-state index in [4.69, 9.17) is 9.47 Å². The Bertz CT molecular complexity index is 1240. The van der Waals surface area contributed by atoms with Gasteiger partial charge in [0.15, 0.2) is 11.5 Å². The molecular weight excluding hydrogens is 492 g/mol. The average molecular weight is 523 g/mol. The maximum atomic E-state index is 13.0. The van der Waals surface area contributed by atoms with Gasteiger partial charge in [-0.05, 0) is 55.7 Å². The monoisotopic (exact) mass is 522 g/mol. The molecule has 0 aliphatic carbocycles. The molecule has 2 aromatic rings. The van der Waals surface area contributed by atoms with Crippen LogP contribution < -0.4 is 24.6 Å². The van der Waals surface area contributed by atoms with E-state index in [-0.39, 0.29) is 11.6 Å². The van der Waals surface area contributed by atoms with Gasteiger partial charge >= 0.3 is 17.8 Å². The molecule has 2 saturated heterocycles. The Morgan fingerprint density at radius 1 is 0.868 bits per heavy atom. The number of carbonyl (C=O) groups excluding carboxylic acids is 5. The number of imide groups is 2. The molecule has 11 heteroatoms. The van der Waals surface area contributed by atoms with Crippen molar-refractivity contribution < 1.29 is 33.4 Å². The van der Waals surface area contributed by atoms with Crippen molar-refractivity contribution in [3.63, 3.8) is 0 Å². The smallest absolute Gasteiger partial charge is 0.339 e. The minimum absolute atomic E-state index is 0.0502. The third-order valence-corrected chi connectivity index (χ3v) is 6.00. The maximum Gasteiger partial charge on any atom is 0.339 e. The molecule has 4 rings (SSSR count). The second kappa shape index (κ2) is 11.8. The molecule has 0 saturated carbocycles. The highest BCUT2D eigenvalue weighted by Gasteiger charge is 2.46. The molecule has 2 aliphatic heterocycles. The summed E-state index contributed by atoms with van der Waals surface area (Å²) >= 11 is 0. The molecule has 200 valence electrons. The van der Waals surface area contributed by atoms with Crippen molar-refractivity contribution in [1.82, 2.24) is 4.90 Å². The van der Waals surface area contributed by atoms with Crippen molar-refractivity contribution in [2.45, 2.75) is 39.5 Å². The average Bonchev–Trinajstić information content (AvgIpc) is 3.43. The number of ether oxygens (including phenoxy) is 2. The maximum absolute atomic E-state index is 13.0. The van der Waals surface area contributed by atoms with E-state index in [1.165, 1.54) is 12.1 Å². The molecule has 2 fully saturated rings. The summed E-state index contributed by atoms with van der Waals surface area (Å²) in [6.07, 6.45) is 2.83. The molecule has 2 aliphatic rings. The zero-order chi connectivity index (χ0) is 27.2. The predicted octanol–water partition coefficient (Wildman–Crippen LogP) is 3.32. The highest BCUT2D eigenvalue weighted by Crippen LogP contribution is 2.34. The number of carbonyl (C=O) groups is 5. The van der Waals surface area contributed by atoms with Gasteiger partial charge in [-0.3, -0.25) is 19.2 Å². The summed E-state index contributed by atoms with van der Waals surface area (Å²) in [5.41, 5.74) is 1.29. The molecule has 0 radical (unpaired) electrons. The van der Waals surface area contributed by atoms with Crippen molar-refractivity contribution >= 4 is 46.7 Å². The zero-order valence-electron chi connectivity index (χ0n) is 21.4. The lowest BCUT2D eigenvalue weighted by Crippen LogP contribution is -2.39. The van der Waals surface area contributed by atoms with Gasteiger partial charge in [0.2, 0.25) is 11.8 Å². The first-order chi connectivity index (χ1) is 18.3. The summed E-state index contributed by atoms with van der Waals surface area (Å²) in [6.45, 7) is 4.77. The van der Waals surface area contributed by atoms with Crippen LogP contribution in [0.15, 0.2) is 42.5 Å². The van der Waals surface area contributed by atoms with Crippen LogP contribution in [0.1, 0.15) is 39.5 Å². The van der Waals surface area contributed by atoms with Crippen LogP contribution in [0.2, 0.25) is 0 Å². The fourth-order valence-electron chi connectivity index (χ4n) is 4.15. The first-order valence-corrected chi connectivity index (χ1v) is 12.6. The molecule has 1 N–H and O–H groups in total. The highest BCUT2D eigenvalue weighted by atomic mass is 16.5. The van der Waals surface area contributed by atoms with Crippen molar-refractivity contribution in [1.29, 1.82) is 0 Å². The van der Waals surface area contributed by atoms with Crippen LogP contribution in [0, 0.1) is 0 Å². The molecular formula is C27H30N4O7. The molecule has 11 nitrogen and oxygen atoms in total. The quantitative estimate of drug-likeness (QED) is 0.354. The van der Waals surface area contributed by atoms with Gasteiger partial charge in [0.05, 0.1) is 18.9 Å². The Morgan fingerprint density at radius 3 is 2.16 bits per heavy atom. The minimum atomic E-state index is -1.10. The van der Waals surface area contributed by atoms with Crippen molar-refractivity contribution in [3.8, 4) is 11.5 Å². The molecule has 6 amide bonds. The Kier molecular flexibility index (Phi) is 8.25. The van der Waals surface area contributed by atoms with Gasteiger partial charge in [-0.15, -0.1) is 0 Å². The van der Waals surface area contributed by atoms with E-state index in [9.17, 15) is 24.0 Å². The van der Waals surface area contributed by atoms with Crippen LogP contribution in [-0.2, 0) is 19.2 Å². The van der Waals surface area contributed by atoms with E-state index in [0.29, 0.717) is 48.3 Å². The summed E-state index contributed by atoms with van der Waals surface area (Å²) in [7, 11) is 0. The van der Waals surface area contributed by atoms with Gasteiger partial charge < -0.3 is 19.7 Å². The third-order valence-electron chi connectivity index (χ3n) is 6.00. The lowest BCUT2D eigenvalue weighted by molar-refractivity contribution is -0.140. The van der Waals surface area contributed by atoms with E-state index in [1.807, 2.05) is 13.8 Å². The molecule has 0 bridgehead atoms. The Hall–Kier alpha value is -4.41. The van der Waals surface area contributed by atoms with Gasteiger partial charge in [0, 0.05) is 30.4 Å². The summed E-state index contributed by atoms with van der Waals surface area (Å²) < 4.78 is 11.4. The molecule has 2 heterocycles. The minimum Gasteiger partial charge on any atom is -0.490 e. The van der Waals surface area contributed by atoms with Gasteiger partial charge in [-0.25, -0.2) is 14.6 Å². The second-order valence-corrected chi connectivity index (χ2v) is 8.89. The van der Waals surface area contributed by atoms with Crippen LogP contribution in [0.25, 0.3) is 0 Å². The normalized spacial score (nSPS) is 15.5. The predicted molar refractivity (Wildman–Crippen MR) is 139 cm³/mol. The summed E-state index contributed by atoms with van der Waals surface area (Å²) in [5.74, 6) is -1.95. The molecule has 0 unspecified atom stereocenters. The number of anilines is 3. The molecule has 0 spiro atoms. The van der Waals surface area contributed by atoms with Crippen molar-refractivity contribution in [2.24, 2.45) is 0 Å². The lowest BCUT2D eigenvalue weighted by atomic mass is 10.2. The summed E-state index contributed by atoms with van der Waals surface area (Å²) in [4.78, 5) is 65.9. The number of amides is 6. The third kappa shape index (κ3) is 5.61. The van der Waals surface area contributed by atoms with E-state index in [2.05, 4.69) is 5.32 Å². The number of nitrogens with zero attached hydrogens (tertiary/aromatic N) is 3. The Morgan fingerprint density at radius 2 is 1.53 bits per heavy atom. The van der Waals surface area contributed by atoms with Crippen LogP contribution in [-0.4, -0.2) is 60.9 Å². The van der Waals surface area contributed by atoms with E-state index in [1.54, 1.807) is 35.2 Å². The van der Waals surface area contributed by atoms with Crippen molar-refractivity contribution in [2.75, 3.05) is 41.4 Å². The highest BCUT2D eigenvalue weighted by molar-refractivity contribution is 6.53.